The van der Waals surface area contributed by atoms with Gasteiger partial charge in [0.15, 0.2) is 0 Å². The van der Waals surface area contributed by atoms with Crippen molar-refractivity contribution in [2.75, 3.05) is 6.54 Å². The van der Waals surface area contributed by atoms with Crippen molar-refractivity contribution in [1.29, 1.82) is 0 Å². The molecule has 1 unspecified atom stereocenters. The SMILES string of the molecule is NCC1OC=CC=C1Cl. The zero-order valence-corrected chi connectivity index (χ0v) is 5.64. The summed E-state index contributed by atoms with van der Waals surface area (Å²) >= 11 is 5.69. The second kappa shape index (κ2) is 2.90. The Balaban J connectivity index is 2.59. The van der Waals surface area contributed by atoms with Gasteiger partial charge in [0.1, 0.15) is 6.10 Å². The molecule has 1 aliphatic rings. The van der Waals surface area contributed by atoms with Crippen LogP contribution < -0.4 is 5.73 Å². The highest BCUT2D eigenvalue weighted by atomic mass is 35.5. The summed E-state index contributed by atoms with van der Waals surface area (Å²) < 4.78 is 5.03. The van der Waals surface area contributed by atoms with E-state index in [-0.39, 0.29) is 6.10 Å². The van der Waals surface area contributed by atoms with Crippen molar-refractivity contribution < 1.29 is 4.74 Å². The van der Waals surface area contributed by atoms with E-state index in [4.69, 9.17) is 22.1 Å². The lowest BCUT2D eigenvalue weighted by Crippen LogP contribution is -2.23. The van der Waals surface area contributed by atoms with Gasteiger partial charge in [0.2, 0.25) is 0 Å². The van der Waals surface area contributed by atoms with Gasteiger partial charge in [0, 0.05) is 6.54 Å². The predicted octanol–water partition coefficient (Wildman–Crippen LogP) is 0.980. The number of hydrogen-bond donors (Lipinski definition) is 1. The number of hydrogen-bond acceptors (Lipinski definition) is 2. The molecule has 1 atom stereocenters. The first kappa shape index (κ1) is 6.65. The van der Waals surface area contributed by atoms with Crippen molar-refractivity contribution in [2.45, 2.75) is 6.10 Å². The zero-order valence-electron chi connectivity index (χ0n) is 4.88. The van der Waals surface area contributed by atoms with Gasteiger partial charge in [-0.1, -0.05) is 11.6 Å². The van der Waals surface area contributed by atoms with Crippen molar-refractivity contribution >= 4 is 11.6 Å². The van der Waals surface area contributed by atoms with E-state index in [2.05, 4.69) is 0 Å². The van der Waals surface area contributed by atoms with Gasteiger partial charge in [0.25, 0.3) is 0 Å². The van der Waals surface area contributed by atoms with Gasteiger partial charge in [-0.15, -0.1) is 0 Å². The van der Waals surface area contributed by atoms with Crippen LogP contribution in [-0.4, -0.2) is 12.6 Å². The molecule has 1 aliphatic heterocycles. The van der Waals surface area contributed by atoms with Gasteiger partial charge in [0.05, 0.1) is 11.3 Å². The molecule has 0 aliphatic carbocycles. The highest BCUT2D eigenvalue weighted by Crippen LogP contribution is 2.14. The summed E-state index contributed by atoms with van der Waals surface area (Å²) in [7, 11) is 0. The third kappa shape index (κ3) is 1.47. The van der Waals surface area contributed by atoms with Crippen molar-refractivity contribution in [3.63, 3.8) is 0 Å². The number of allylic oxidation sites excluding steroid dienone is 2. The molecule has 0 spiro atoms. The molecule has 0 radical (unpaired) electrons. The van der Waals surface area contributed by atoms with E-state index in [1.165, 1.54) is 0 Å². The summed E-state index contributed by atoms with van der Waals surface area (Å²) in [5.41, 5.74) is 5.31. The van der Waals surface area contributed by atoms with Crippen LogP contribution in [0.4, 0.5) is 0 Å². The van der Waals surface area contributed by atoms with Crippen LogP contribution in [-0.2, 0) is 4.74 Å². The van der Waals surface area contributed by atoms with E-state index in [9.17, 15) is 0 Å². The molecule has 2 nitrogen and oxygen atoms in total. The molecule has 0 aromatic carbocycles. The fourth-order valence-corrected chi connectivity index (χ4v) is 0.825. The fraction of sp³-hybridized carbons (Fsp3) is 0.333. The van der Waals surface area contributed by atoms with Crippen LogP contribution in [0.1, 0.15) is 0 Å². The second-order valence-corrected chi connectivity index (χ2v) is 2.18. The summed E-state index contributed by atoms with van der Waals surface area (Å²) in [6.07, 6.45) is 4.98. The largest absolute Gasteiger partial charge is 0.491 e. The topological polar surface area (TPSA) is 35.2 Å². The van der Waals surface area contributed by atoms with Crippen molar-refractivity contribution in [1.82, 2.24) is 0 Å². The van der Waals surface area contributed by atoms with Crippen LogP contribution in [0.2, 0.25) is 0 Å². The highest BCUT2D eigenvalue weighted by Gasteiger charge is 2.11. The maximum Gasteiger partial charge on any atom is 0.145 e. The quantitative estimate of drug-likeness (QED) is 0.597. The van der Waals surface area contributed by atoms with Gasteiger partial charge >= 0.3 is 0 Å². The number of rotatable bonds is 1. The standard InChI is InChI=1S/C6H8ClNO/c7-5-2-1-3-9-6(5)4-8/h1-3,6H,4,8H2. The smallest absolute Gasteiger partial charge is 0.145 e. The van der Waals surface area contributed by atoms with Crippen LogP contribution in [0.15, 0.2) is 23.4 Å². The van der Waals surface area contributed by atoms with Crippen LogP contribution >= 0.6 is 11.6 Å². The minimum absolute atomic E-state index is 0.128. The van der Waals surface area contributed by atoms with Gasteiger partial charge in [-0.05, 0) is 12.2 Å². The number of halogens is 1. The molecule has 2 N–H and O–H groups in total. The zero-order chi connectivity index (χ0) is 6.69. The molecule has 0 saturated carbocycles. The molecule has 1 heterocycles. The normalized spacial score (nSPS) is 25.1. The summed E-state index contributed by atoms with van der Waals surface area (Å²) in [5, 5.41) is 0.667. The third-order valence-corrected chi connectivity index (χ3v) is 1.47. The van der Waals surface area contributed by atoms with Gasteiger partial charge in [-0.2, -0.15) is 0 Å². The van der Waals surface area contributed by atoms with Crippen molar-refractivity contribution in [3.05, 3.63) is 23.4 Å². The molecule has 50 valence electrons. The first-order valence-corrected chi connectivity index (χ1v) is 3.10. The first-order valence-electron chi connectivity index (χ1n) is 2.72. The van der Waals surface area contributed by atoms with Crippen LogP contribution in [0.5, 0.6) is 0 Å². The summed E-state index contributed by atoms with van der Waals surface area (Å²) in [5.74, 6) is 0. The Labute approximate surface area is 58.9 Å². The molecular weight excluding hydrogens is 138 g/mol. The fourth-order valence-electron chi connectivity index (χ4n) is 0.612. The van der Waals surface area contributed by atoms with Gasteiger partial charge in [-0.25, -0.2) is 0 Å². The minimum Gasteiger partial charge on any atom is -0.491 e. The van der Waals surface area contributed by atoms with E-state index in [0.717, 1.165) is 0 Å². The lowest BCUT2D eigenvalue weighted by atomic mass is 10.3. The Morgan fingerprint density at radius 2 is 2.56 bits per heavy atom. The Hall–Kier alpha value is -0.470. The van der Waals surface area contributed by atoms with Gasteiger partial charge in [-0.3, -0.25) is 0 Å². The van der Waals surface area contributed by atoms with E-state index in [1.54, 1.807) is 18.4 Å². The Bertz CT molecular complexity index is 153. The molecule has 0 amide bonds. The lowest BCUT2D eigenvalue weighted by Gasteiger charge is -2.15. The highest BCUT2D eigenvalue weighted by molar-refractivity contribution is 6.30. The maximum absolute atomic E-state index is 5.69. The monoisotopic (exact) mass is 145 g/mol. The predicted molar refractivity (Wildman–Crippen MR) is 37.0 cm³/mol. The average Bonchev–Trinajstić information content (AvgIpc) is 1.89. The van der Waals surface area contributed by atoms with E-state index < -0.39 is 0 Å². The van der Waals surface area contributed by atoms with E-state index in [1.807, 2.05) is 0 Å². The molecular formula is C6H8ClNO. The molecule has 0 aromatic heterocycles. The van der Waals surface area contributed by atoms with E-state index in [0.29, 0.717) is 11.6 Å². The van der Waals surface area contributed by atoms with Crippen LogP contribution in [0.25, 0.3) is 0 Å². The number of nitrogens with two attached hydrogens (primary N) is 1. The molecule has 1 rings (SSSR count). The molecule has 0 saturated heterocycles. The van der Waals surface area contributed by atoms with Gasteiger partial charge < -0.3 is 10.5 Å². The first-order chi connectivity index (χ1) is 4.34. The summed E-state index contributed by atoms with van der Waals surface area (Å²) in [4.78, 5) is 0. The van der Waals surface area contributed by atoms with Crippen molar-refractivity contribution in [2.24, 2.45) is 5.73 Å². The number of ether oxygens (including phenoxy) is 1. The average molecular weight is 146 g/mol. The Morgan fingerprint density at radius 3 is 3.00 bits per heavy atom. The second-order valence-electron chi connectivity index (χ2n) is 1.74. The molecule has 0 fully saturated rings. The summed E-state index contributed by atoms with van der Waals surface area (Å²) in [6.45, 7) is 0.430. The molecule has 0 aromatic rings. The van der Waals surface area contributed by atoms with Crippen molar-refractivity contribution in [3.8, 4) is 0 Å². The van der Waals surface area contributed by atoms with Crippen LogP contribution in [0, 0.1) is 0 Å². The van der Waals surface area contributed by atoms with Crippen LogP contribution in [0.3, 0.4) is 0 Å². The lowest BCUT2D eigenvalue weighted by molar-refractivity contribution is 0.186. The molecule has 0 bridgehead atoms. The Morgan fingerprint density at radius 1 is 1.78 bits per heavy atom. The molecule has 3 heteroatoms. The maximum atomic E-state index is 5.69. The Kier molecular flexibility index (Phi) is 2.14. The molecule has 9 heavy (non-hydrogen) atoms. The van der Waals surface area contributed by atoms with E-state index >= 15 is 0 Å². The summed E-state index contributed by atoms with van der Waals surface area (Å²) in [6, 6.07) is 0. The minimum atomic E-state index is -0.128. The third-order valence-electron chi connectivity index (χ3n) is 1.10.